The molecule has 1 amide bonds. The van der Waals surface area contributed by atoms with Gasteiger partial charge in [-0.05, 0) is 50.3 Å². The molecule has 0 unspecified atom stereocenters. The van der Waals surface area contributed by atoms with Crippen molar-refractivity contribution in [2.24, 2.45) is 0 Å². The Kier molecular flexibility index (Phi) is 5.21. The van der Waals surface area contributed by atoms with Gasteiger partial charge in [0, 0.05) is 25.1 Å². The Balaban J connectivity index is 1.46. The summed E-state index contributed by atoms with van der Waals surface area (Å²) in [6.45, 7) is 2.18. The molecule has 0 spiro atoms. The molecule has 0 bridgehead atoms. The molecule has 0 radical (unpaired) electrons. The number of amides is 1. The van der Waals surface area contributed by atoms with E-state index < -0.39 is 0 Å². The average Bonchev–Trinajstić information content (AvgIpc) is 3.16. The van der Waals surface area contributed by atoms with Gasteiger partial charge in [-0.25, -0.2) is 4.68 Å². The normalized spacial score (nSPS) is 13.6. The first-order valence-electron chi connectivity index (χ1n) is 9.63. The van der Waals surface area contributed by atoms with Crippen molar-refractivity contribution in [2.45, 2.75) is 19.4 Å². The number of para-hydroxylation sites is 1. The van der Waals surface area contributed by atoms with Crippen LogP contribution < -0.4 is 0 Å². The predicted molar refractivity (Wildman–Crippen MR) is 109 cm³/mol. The number of rotatable bonds is 5. The number of nitrogens with zero attached hydrogens (tertiary/aromatic N) is 5. The van der Waals surface area contributed by atoms with Crippen molar-refractivity contribution in [3.63, 3.8) is 0 Å². The van der Waals surface area contributed by atoms with Gasteiger partial charge in [0.1, 0.15) is 5.69 Å². The van der Waals surface area contributed by atoms with Crippen LogP contribution in [0.1, 0.15) is 27.3 Å². The first-order valence-corrected chi connectivity index (χ1v) is 9.63. The molecule has 0 aliphatic carbocycles. The fourth-order valence-corrected chi connectivity index (χ4v) is 3.51. The third-order valence-corrected chi connectivity index (χ3v) is 5.14. The molecule has 0 N–H and O–H groups in total. The lowest BCUT2D eigenvalue weighted by Gasteiger charge is -2.26. The molecule has 4 rings (SSSR count). The van der Waals surface area contributed by atoms with E-state index in [-0.39, 0.29) is 5.91 Å². The minimum absolute atomic E-state index is 0.0547. The molecule has 2 heterocycles. The van der Waals surface area contributed by atoms with Gasteiger partial charge in [0.25, 0.3) is 5.91 Å². The van der Waals surface area contributed by atoms with Crippen molar-refractivity contribution in [3.05, 3.63) is 77.1 Å². The Morgan fingerprint density at radius 1 is 1.07 bits per heavy atom. The van der Waals surface area contributed by atoms with Crippen LogP contribution in [0.2, 0.25) is 0 Å². The molecule has 0 saturated carbocycles. The molecule has 3 aromatic rings. The second-order valence-corrected chi connectivity index (χ2v) is 7.46. The van der Waals surface area contributed by atoms with Crippen molar-refractivity contribution in [1.82, 2.24) is 24.8 Å². The first kappa shape index (κ1) is 18.4. The summed E-state index contributed by atoms with van der Waals surface area (Å²) in [6, 6.07) is 18.0. The van der Waals surface area contributed by atoms with E-state index in [1.165, 1.54) is 5.56 Å². The topological polar surface area (TPSA) is 54.3 Å². The molecular weight excluding hydrogens is 350 g/mol. The third kappa shape index (κ3) is 3.82. The zero-order valence-corrected chi connectivity index (χ0v) is 16.4. The largest absolute Gasteiger partial charge is 0.332 e. The van der Waals surface area contributed by atoms with Crippen LogP contribution in [0.4, 0.5) is 0 Å². The van der Waals surface area contributed by atoms with Gasteiger partial charge in [-0.2, -0.15) is 0 Å². The summed E-state index contributed by atoms with van der Waals surface area (Å²) < 4.78 is 1.89. The van der Waals surface area contributed by atoms with E-state index in [0.29, 0.717) is 13.1 Å². The highest BCUT2D eigenvalue weighted by molar-refractivity contribution is 5.94. The Labute approximate surface area is 165 Å². The molecule has 1 aromatic heterocycles. The van der Waals surface area contributed by atoms with Crippen LogP contribution >= 0.6 is 0 Å². The maximum atomic E-state index is 12.9. The highest BCUT2D eigenvalue weighted by atomic mass is 16.2. The van der Waals surface area contributed by atoms with Gasteiger partial charge in [-0.1, -0.05) is 35.5 Å². The Bertz CT molecular complexity index is 947. The number of hydrogen-bond acceptors (Lipinski definition) is 4. The third-order valence-electron chi connectivity index (χ3n) is 5.14. The zero-order chi connectivity index (χ0) is 19.5. The molecule has 1 aliphatic rings. The van der Waals surface area contributed by atoms with E-state index >= 15 is 0 Å². The van der Waals surface area contributed by atoms with Gasteiger partial charge < -0.3 is 9.80 Å². The van der Waals surface area contributed by atoms with Crippen LogP contribution in [0.25, 0.3) is 5.69 Å². The minimum Gasteiger partial charge on any atom is -0.332 e. The van der Waals surface area contributed by atoms with Crippen LogP contribution in [0.3, 0.4) is 0 Å². The standard InChI is InChI=1S/C22H25N5O/c1-25(2)14-12-17-8-10-18(11-9-17)22(28)26-15-13-21-20(16-26)23-24-27(21)19-6-4-3-5-7-19/h3-11H,12-16H2,1-2H3. The first-order chi connectivity index (χ1) is 13.6. The lowest BCUT2D eigenvalue weighted by atomic mass is 10.1. The molecule has 144 valence electrons. The fourth-order valence-electron chi connectivity index (χ4n) is 3.51. The van der Waals surface area contributed by atoms with Crippen molar-refractivity contribution in [3.8, 4) is 5.69 Å². The van der Waals surface area contributed by atoms with Crippen LogP contribution in [0.5, 0.6) is 0 Å². The SMILES string of the molecule is CN(C)CCc1ccc(C(=O)N2CCc3c(nnn3-c3ccccc3)C2)cc1. The zero-order valence-electron chi connectivity index (χ0n) is 16.4. The second-order valence-electron chi connectivity index (χ2n) is 7.46. The maximum absolute atomic E-state index is 12.9. The minimum atomic E-state index is 0.0547. The van der Waals surface area contributed by atoms with E-state index in [4.69, 9.17) is 0 Å². The average molecular weight is 375 g/mol. The highest BCUT2D eigenvalue weighted by Gasteiger charge is 2.26. The number of likely N-dealkylation sites (N-methyl/N-ethyl adjacent to an activating group) is 1. The number of fused-ring (bicyclic) bond motifs is 1. The fraction of sp³-hybridized carbons (Fsp3) is 0.318. The van der Waals surface area contributed by atoms with E-state index in [0.717, 1.165) is 42.0 Å². The quantitative estimate of drug-likeness (QED) is 0.688. The molecule has 6 heteroatoms. The Hall–Kier alpha value is -2.99. The molecule has 0 fully saturated rings. The van der Waals surface area contributed by atoms with Crippen molar-refractivity contribution < 1.29 is 4.79 Å². The van der Waals surface area contributed by atoms with Gasteiger partial charge >= 0.3 is 0 Å². The summed E-state index contributed by atoms with van der Waals surface area (Å²) in [4.78, 5) is 16.9. The predicted octanol–water partition coefficient (Wildman–Crippen LogP) is 2.57. The van der Waals surface area contributed by atoms with E-state index in [2.05, 4.69) is 41.4 Å². The Morgan fingerprint density at radius 2 is 1.82 bits per heavy atom. The van der Waals surface area contributed by atoms with Crippen LogP contribution in [0, 0.1) is 0 Å². The van der Waals surface area contributed by atoms with Crippen LogP contribution in [0.15, 0.2) is 54.6 Å². The summed E-state index contributed by atoms with van der Waals surface area (Å²) in [5, 5.41) is 8.63. The van der Waals surface area contributed by atoms with E-state index in [1.54, 1.807) is 0 Å². The Morgan fingerprint density at radius 3 is 2.54 bits per heavy atom. The highest BCUT2D eigenvalue weighted by Crippen LogP contribution is 2.21. The number of benzene rings is 2. The summed E-state index contributed by atoms with van der Waals surface area (Å²) in [6.07, 6.45) is 1.74. The molecule has 28 heavy (non-hydrogen) atoms. The van der Waals surface area contributed by atoms with Crippen molar-refractivity contribution in [1.29, 1.82) is 0 Å². The number of hydrogen-bond donors (Lipinski definition) is 0. The van der Waals surface area contributed by atoms with E-state index in [1.807, 2.05) is 52.0 Å². The number of aromatic nitrogens is 3. The van der Waals surface area contributed by atoms with Crippen molar-refractivity contribution in [2.75, 3.05) is 27.2 Å². The van der Waals surface area contributed by atoms with Gasteiger partial charge in [0.15, 0.2) is 0 Å². The lowest BCUT2D eigenvalue weighted by Crippen LogP contribution is -2.36. The van der Waals surface area contributed by atoms with Gasteiger partial charge in [0.05, 0.1) is 17.9 Å². The molecule has 0 saturated heterocycles. The summed E-state index contributed by atoms with van der Waals surface area (Å²) in [5.41, 5.74) is 4.95. The molecular formula is C22H25N5O. The van der Waals surface area contributed by atoms with Crippen LogP contribution in [-0.4, -0.2) is 57.9 Å². The molecule has 0 atom stereocenters. The summed E-state index contributed by atoms with van der Waals surface area (Å²) >= 11 is 0. The monoisotopic (exact) mass is 375 g/mol. The summed E-state index contributed by atoms with van der Waals surface area (Å²) in [5.74, 6) is 0.0547. The molecule has 6 nitrogen and oxygen atoms in total. The summed E-state index contributed by atoms with van der Waals surface area (Å²) in [7, 11) is 4.13. The van der Waals surface area contributed by atoms with Crippen LogP contribution in [-0.2, 0) is 19.4 Å². The van der Waals surface area contributed by atoms with E-state index in [9.17, 15) is 4.79 Å². The molecule has 2 aromatic carbocycles. The van der Waals surface area contributed by atoms with Crippen molar-refractivity contribution >= 4 is 5.91 Å². The number of carbonyl (C=O) groups is 1. The smallest absolute Gasteiger partial charge is 0.254 e. The second kappa shape index (κ2) is 7.94. The maximum Gasteiger partial charge on any atom is 0.254 e. The molecule has 1 aliphatic heterocycles. The van der Waals surface area contributed by atoms with Gasteiger partial charge in [-0.3, -0.25) is 4.79 Å². The number of carbonyl (C=O) groups excluding carboxylic acids is 1. The van der Waals surface area contributed by atoms with Gasteiger partial charge in [0.2, 0.25) is 0 Å². The van der Waals surface area contributed by atoms with Gasteiger partial charge in [-0.15, -0.1) is 5.10 Å². The lowest BCUT2D eigenvalue weighted by molar-refractivity contribution is 0.0731.